The number of unbranched alkanes of at least 4 members (excludes halogenated alkanes) is 1. The van der Waals surface area contributed by atoms with Gasteiger partial charge in [0.05, 0.1) is 11.0 Å². The first-order valence-corrected chi connectivity index (χ1v) is 23.3. The van der Waals surface area contributed by atoms with E-state index in [-0.39, 0.29) is 11.0 Å². The standard InChI is InChI=1S/C55H66N2/c1-6-9-13-38-16-27-52-46-14-10-11-15-51(46)55(8-3,54(5,7-2)57(52)36-38)29-12-30-56-31-28-44(43-25-26-45-39-17-19-41(20-18-39)49(45)33-43)34-53(56)47-35-50-42-23-21-40(22-24-42)48(50)32-37(47)4/h10-11,14-16,25-28,31-36,39-42H,6-9,12-13,17-24,29-30H2,1-5H3/q+2. The van der Waals surface area contributed by atoms with Crippen LogP contribution in [-0.4, -0.2) is 0 Å². The van der Waals surface area contributed by atoms with Crippen molar-refractivity contribution in [1.82, 2.24) is 0 Å². The van der Waals surface area contributed by atoms with Crippen LogP contribution in [0.1, 0.15) is 180 Å². The van der Waals surface area contributed by atoms with Gasteiger partial charge in [-0.3, -0.25) is 0 Å². The van der Waals surface area contributed by atoms with E-state index in [2.05, 4.69) is 135 Å². The van der Waals surface area contributed by atoms with Gasteiger partial charge in [0.1, 0.15) is 6.54 Å². The molecule has 0 N–H and O–H groups in total. The SMILES string of the molecule is CCCCc1ccc2[n+](c1)C(C)(CC)C(CC)(CCC[n+]1ccc(-c3ccc4c(c3)C3CCC4CC3)cc1-c1cc3c(cc1C)C1CCC3CC1)c1ccccc1-2. The molecule has 3 heterocycles. The van der Waals surface area contributed by atoms with E-state index in [0.717, 1.165) is 62.3 Å². The first kappa shape index (κ1) is 37.2. The molecule has 0 radical (unpaired) electrons. The van der Waals surface area contributed by atoms with Gasteiger partial charge in [0, 0.05) is 49.1 Å². The van der Waals surface area contributed by atoms with E-state index in [4.69, 9.17) is 0 Å². The first-order valence-electron chi connectivity index (χ1n) is 23.3. The summed E-state index contributed by atoms with van der Waals surface area (Å²) >= 11 is 0. The summed E-state index contributed by atoms with van der Waals surface area (Å²) in [5, 5.41) is 0. The van der Waals surface area contributed by atoms with Crippen LogP contribution in [0, 0.1) is 6.92 Å². The summed E-state index contributed by atoms with van der Waals surface area (Å²) < 4.78 is 5.37. The maximum Gasteiger partial charge on any atom is 0.213 e. The number of pyridine rings is 2. The molecular formula is C55H66N2+2. The fourth-order valence-corrected chi connectivity index (χ4v) is 13.3. The highest BCUT2D eigenvalue weighted by molar-refractivity contribution is 5.73. The van der Waals surface area contributed by atoms with Gasteiger partial charge in [0.15, 0.2) is 17.9 Å². The third-order valence-corrected chi connectivity index (χ3v) is 16.8. The molecule has 2 nitrogen and oxygen atoms in total. The van der Waals surface area contributed by atoms with Crippen LogP contribution in [-0.2, 0) is 23.9 Å². The molecule has 57 heavy (non-hydrogen) atoms. The van der Waals surface area contributed by atoms with Gasteiger partial charge in [-0.2, -0.15) is 9.13 Å². The van der Waals surface area contributed by atoms with Crippen LogP contribution >= 0.6 is 0 Å². The van der Waals surface area contributed by atoms with Gasteiger partial charge in [-0.25, -0.2) is 0 Å². The molecule has 0 spiro atoms. The normalized spacial score (nSPS) is 26.5. The second-order valence-electron chi connectivity index (χ2n) is 19.3. The number of benzene rings is 3. The lowest BCUT2D eigenvalue weighted by molar-refractivity contribution is -0.766. The Morgan fingerprint density at radius 2 is 1.28 bits per heavy atom. The number of aryl methyl sites for hydroxylation is 3. The van der Waals surface area contributed by atoms with Crippen LogP contribution in [0.15, 0.2) is 91.3 Å². The van der Waals surface area contributed by atoms with Crippen molar-refractivity contribution in [2.75, 3.05) is 0 Å². The Labute approximate surface area is 343 Å². The zero-order chi connectivity index (χ0) is 38.9. The van der Waals surface area contributed by atoms with Crippen molar-refractivity contribution in [2.45, 2.75) is 172 Å². The number of nitrogens with zero attached hydrogens (tertiary/aromatic N) is 2. The van der Waals surface area contributed by atoms with Gasteiger partial charge < -0.3 is 0 Å². The smallest absolute Gasteiger partial charge is 0.198 e. The van der Waals surface area contributed by atoms with Crippen molar-refractivity contribution in [3.05, 3.63) is 130 Å². The van der Waals surface area contributed by atoms with Gasteiger partial charge in [-0.15, -0.1) is 0 Å². The lowest BCUT2D eigenvalue weighted by Gasteiger charge is -2.48. The Bertz CT molecular complexity index is 2320. The molecule has 2 saturated carbocycles. The quantitative estimate of drug-likeness (QED) is 0.119. The summed E-state index contributed by atoms with van der Waals surface area (Å²) in [6, 6.07) is 32.1. The van der Waals surface area contributed by atoms with E-state index in [1.165, 1.54) is 109 Å². The highest BCUT2D eigenvalue weighted by Gasteiger charge is 2.58. The molecule has 2 unspecified atom stereocenters. The summed E-state index contributed by atoms with van der Waals surface area (Å²) in [6.07, 6.45) is 24.2. The Balaban J connectivity index is 1.04. The summed E-state index contributed by atoms with van der Waals surface area (Å²) in [5.41, 5.74) is 19.6. The van der Waals surface area contributed by atoms with E-state index in [1.807, 2.05) is 0 Å². The fraction of sp³-hybridized carbons (Fsp3) is 0.491. The summed E-state index contributed by atoms with van der Waals surface area (Å²) in [4.78, 5) is 0. The first-order chi connectivity index (χ1) is 27.9. The minimum absolute atomic E-state index is 0.0225. The largest absolute Gasteiger partial charge is 0.213 e. The molecule has 2 aromatic heterocycles. The molecule has 1 aliphatic heterocycles. The summed E-state index contributed by atoms with van der Waals surface area (Å²) in [5.74, 6) is 3.05. The number of fused-ring (bicyclic) bond motifs is 7. The molecule has 5 aromatic rings. The molecule has 7 aliphatic rings. The summed E-state index contributed by atoms with van der Waals surface area (Å²) in [6.45, 7) is 13.2. The lowest BCUT2D eigenvalue weighted by atomic mass is 9.57. The molecule has 0 amide bonds. The van der Waals surface area contributed by atoms with Crippen molar-refractivity contribution in [3.63, 3.8) is 0 Å². The molecule has 2 fully saturated rings. The highest BCUT2D eigenvalue weighted by Crippen LogP contribution is 2.54. The molecule has 0 saturated heterocycles. The minimum atomic E-state index is -0.0225. The second kappa shape index (κ2) is 14.7. The van der Waals surface area contributed by atoms with E-state index < -0.39 is 0 Å². The topological polar surface area (TPSA) is 7.76 Å². The number of hydrogen-bond acceptors (Lipinski definition) is 0. The van der Waals surface area contributed by atoms with Gasteiger partial charge in [0.25, 0.3) is 0 Å². The van der Waals surface area contributed by atoms with Gasteiger partial charge in [0.2, 0.25) is 11.4 Å². The summed E-state index contributed by atoms with van der Waals surface area (Å²) in [7, 11) is 0. The molecule has 294 valence electrons. The van der Waals surface area contributed by atoms with Gasteiger partial charge >= 0.3 is 0 Å². The van der Waals surface area contributed by atoms with Crippen molar-refractivity contribution in [2.24, 2.45) is 0 Å². The van der Waals surface area contributed by atoms with Crippen molar-refractivity contribution in [3.8, 4) is 33.6 Å². The molecule has 4 bridgehead atoms. The zero-order valence-electron chi connectivity index (χ0n) is 35.7. The fourth-order valence-electron chi connectivity index (χ4n) is 13.3. The van der Waals surface area contributed by atoms with E-state index in [0.29, 0.717) is 0 Å². The number of hydrogen-bond donors (Lipinski definition) is 0. The van der Waals surface area contributed by atoms with E-state index in [1.54, 1.807) is 27.8 Å². The van der Waals surface area contributed by atoms with E-state index >= 15 is 0 Å². The highest BCUT2D eigenvalue weighted by atomic mass is 15.1. The Kier molecular flexibility index (Phi) is 9.57. The van der Waals surface area contributed by atoms with Crippen LogP contribution in [0.4, 0.5) is 0 Å². The number of rotatable bonds is 11. The van der Waals surface area contributed by atoms with Crippen LogP contribution < -0.4 is 9.13 Å². The Morgan fingerprint density at radius 1 is 0.614 bits per heavy atom. The van der Waals surface area contributed by atoms with Gasteiger partial charge in [-0.1, -0.05) is 69.7 Å². The van der Waals surface area contributed by atoms with E-state index in [9.17, 15) is 0 Å². The molecule has 6 aliphatic carbocycles. The van der Waals surface area contributed by atoms with Crippen molar-refractivity contribution < 1.29 is 9.13 Å². The van der Waals surface area contributed by atoms with Gasteiger partial charge in [-0.05, 0) is 170 Å². The molecule has 3 aromatic carbocycles. The Morgan fingerprint density at radius 3 is 1.98 bits per heavy atom. The molecule has 2 heteroatoms. The maximum atomic E-state index is 2.73. The Hall–Kier alpha value is -4.04. The van der Waals surface area contributed by atoms with Crippen LogP contribution in [0.25, 0.3) is 33.6 Å². The van der Waals surface area contributed by atoms with Crippen molar-refractivity contribution in [1.29, 1.82) is 0 Å². The van der Waals surface area contributed by atoms with Crippen LogP contribution in [0.5, 0.6) is 0 Å². The van der Waals surface area contributed by atoms with Crippen LogP contribution in [0.2, 0.25) is 0 Å². The maximum absolute atomic E-state index is 2.73. The monoisotopic (exact) mass is 755 g/mol. The second-order valence-corrected chi connectivity index (χ2v) is 19.3. The number of aromatic nitrogens is 2. The molecular weight excluding hydrogens is 689 g/mol. The molecule has 2 atom stereocenters. The van der Waals surface area contributed by atoms with Crippen molar-refractivity contribution >= 4 is 0 Å². The predicted molar refractivity (Wildman–Crippen MR) is 236 cm³/mol. The predicted octanol–water partition coefficient (Wildman–Crippen LogP) is 13.7. The van der Waals surface area contributed by atoms with Crippen LogP contribution in [0.3, 0.4) is 0 Å². The third-order valence-electron chi connectivity index (χ3n) is 16.8. The molecule has 12 rings (SSSR count). The average molecular weight is 755 g/mol. The lowest BCUT2D eigenvalue weighted by Crippen LogP contribution is -2.68. The minimum Gasteiger partial charge on any atom is -0.198 e. The third kappa shape index (κ3) is 5.92. The average Bonchev–Trinajstić information content (AvgIpc) is 3.27. The zero-order valence-corrected chi connectivity index (χ0v) is 35.7.